The summed E-state index contributed by atoms with van der Waals surface area (Å²) in [6.07, 6.45) is 14.6. The van der Waals surface area contributed by atoms with Crippen molar-refractivity contribution in [3.8, 4) is 0 Å². The molecular formula is C16H36O3P+. The lowest BCUT2D eigenvalue weighted by Gasteiger charge is -2.11. The van der Waals surface area contributed by atoms with E-state index >= 15 is 0 Å². The highest BCUT2D eigenvalue weighted by molar-refractivity contribution is 7.59. The molecule has 20 heavy (non-hydrogen) atoms. The van der Waals surface area contributed by atoms with Crippen molar-refractivity contribution in [3.63, 3.8) is 0 Å². The van der Waals surface area contributed by atoms with E-state index in [1.807, 2.05) is 0 Å². The predicted molar refractivity (Wildman–Crippen MR) is 88.9 cm³/mol. The van der Waals surface area contributed by atoms with Crippen LogP contribution in [0.1, 0.15) is 90.9 Å². The molecule has 0 aromatic carbocycles. The lowest BCUT2D eigenvalue weighted by molar-refractivity contribution is 0.222. The summed E-state index contributed by atoms with van der Waals surface area (Å²) < 4.78 is 5.29. The highest BCUT2D eigenvalue weighted by Gasteiger charge is 2.34. The first-order chi connectivity index (χ1) is 9.62. The summed E-state index contributed by atoms with van der Waals surface area (Å²) in [6, 6.07) is 0. The van der Waals surface area contributed by atoms with E-state index in [-0.39, 0.29) is 0 Å². The van der Waals surface area contributed by atoms with Gasteiger partial charge in [0.1, 0.15) is 6.16 Å². The van der Waals surface area contributed by atoms with Crippen LogP contribution < -0.4 is 0 Å². The van der Waals surface area contributed by atoms with E-state index in [9.17, 15) is 9.79 Å². The number of hydrogen-bond donors (Lipinski definition) is 2. The molecule has 0 aliphatic carbocycles. The Morgan fingerprint density at radius 2 is 1.10 bits per heavy atom. The quantitative estimate of drug-likeness (QED) is 0.311. The molecule has 122 valence electrons. The van der Waals surface area contributed by atoms with Crippen LogP contribution in [-0.4, -0.2) is 22.6 Å². The van der Waals surface area contributed by atoms with E-state index in [1.165, 1.54) is 51.4 Å². The van der Waals surface area contributed by atoms with Crippen LogP contribution in [0, 0.1) is 0 Å². The van der Waals surface area contributed by atoms with Crippen molar-refractivity contribution < 1.29 is 14.3 Å². The molecule has 0 bridgehead atoms. The second-order valence-corrected chi connectivity index (χ2v) is 7.79. The van der Waals surface area contributed by atoms with Crippen molar-refractivity contribution in [2.45, 2.75) is 90.9 Å². The SMILES string of the molecule is CCCCCCCCO[P+](O)(O)CCCCCCCC. The molecule has 0 radical (unpaired) electrons. The molecule has 0 aliphatic rings. The Bertz CT molecular complexity index is 198. The van der Waals surface area contributed by atoms with Gasteiger partial charge in [0, 0.05) is 0 Å². The summed E-state index contributed by atoms with van der Waals surface area (Å²) in [5.41, 5.74) is 0. The van der Waals surface area contributed by atoms with Crippen LogP contribution in [0.5, 0.6) is 0 Å². The highest BCUT2D eigenvalue weighted by atomic mass is 31.2. The summed E-state index contributed by atoms with van der Waals surface area (Å²) in [7, 11) is -3.06. The van der Waals surface area contributed by atoms with Gasteiger partial charge in [-0.15, -0.1) is 0 Å². The molecule has 0 rings (SSSR count). The summed E-state index contributed by atoms with van der Waals surface area (Å²) in [5, 5.41) is 0. The average molecular weight is 307 g/mol. The fourth-order valence-corrected chi connectivity index (χ4v) is 3.44. The van der Waals surface area contributed by atoms with E-state index in [2.05, 4.69) is 13.8 Å². The molecule has 0 unspecified atom stereocenters. The van der Waals surface area contributed by atoms with Gasteiger partial charge in [0.15, 0.2) is 0 Å². The minimum absolute atomic E-state index is 0.439. The van der Waals surface area contributed by atoms with Crippen LogP contribution in [0.15, 0.2) is 0 Å². The molecule has 0 saturated carbocycles. The van der Waals surface area contributed by atoms with Crippen molar-refractivity contribution >= 4 is 7.94 Å². The zero-order valence-electron chi connectivity index (χ0n) is 13.6. The fraction of sp³-hybridized carbons (Fsp3) is 1.00. The molecule has 0 heterocycles. The van der Waals surface area contributed by atoms with Crippen molar-refractivity contribution in [2.75, 3.05) is 12.8 Å². The third-order valence-corrected chi connectivity index (χ3v) is 5.09. The Morgan fingerprint density at radius 1 is 0.650 bits per heavy atom. The van der Waals surface area contributed by atoms with Crippen LogP contribution in [0.4, 0.5) is 0 Å². The number of rotatable bonds is 15. The van der Waals surface area contributed by atoms with E-state index < -0.39 is 7.94 Å². The van der Waals surface area contributed by atoms with Gasteiger partial charge in [0.25, 0.3) is 0 Å². The third-order valence-electron chi connectivity index (χ3n) is 3.60. The summed E-state index contributed by atoms with van der Waals surface area (Å²) >= 11 is 0. The fourth-order valence-electron chi connectivity index (χ4n) is 2.26. The van der Waals surface area contributed by atoms with Gasteiger partial charge in [-0.05, 0) is 19.3 Å². The van der Waals surface area contributed by atoms with Crippen LogP contribution in [0.25, 0.3) is 0 Å². The molecule has 4 heteroatoms. The van der Waals surface area contributed by atoms with Crippen LogP contribution in [0.2, 0.25) is 0 Å². The highest BCUT2D eigenvalue weighted by Crippen LogP contribution is 2.51. The second-order valence-electron chi connectivity index (χ2n) is 5.76. The minimum Gasteiger partial charge on any atom is -0.193 e. The second kappa shape index (κ2) is 14.3. The van der Waals surface area contributed by atoms with Gasteiger partial charge >= 0.3 is 7.94 Å². The van der Waals surface area contributed by atoms with Gasteiger partial charge < -0.3 is 0 Å². The normalized spacial score (nSPS) is 12.0. The Labute approximate surface area is 126 Å². The lowest BCUT2D eigenvalue weighted by Crippen LogP contribution is -2.03. The van der Waals surface area contributed by atoms with Crippen LogP contribution in [-0.2, 0) is 4.52 Å². The Hall–Kier alpha value is 0.310. The maximum atomic E-state index is 9.80. The lowest BCUT2D eigenvalue weighted by atomic mass is 10.1. The molecule has 0 spiro atoms. The molecule has 0 amide bonds. The first-order valence-corrected chi connectivity index (χ1v) is 10.4. The maximum absolute atomic E-state index is 9.80. The molecular weight excluding hydrogens is 271 g/mol. The van der Waals surface area contributed by atoms with E-state index in [0.717, 1.165) is 25.7 Å². The van der Waals surface area contributed by atoms with Crippen molar-refractivity contribution in [1.82, 2.24) is 0 Å². The van der Waals surface area contributed by atoms with Gasteiger partial charge in [0.05, 0.1) is 6.61 Å². The Balaban J connectivity index is 3.35. The van der Waals surface area contributed by atoms with Gasteiger partial charge in [-0.2, -0.15) is 14.3 Å². The number of hydrogen-bond acceptors (Lipinski definition) is 3. The molecule has 0 aromatic heterocycles. The molecule has 2 N–H and O–H groups in total. The smallest absolute Gasteiger partial charge is 0.193 e. The van der Waals surface area contributed by atoms with E-state index in [1.54, 1.807) is 0 Å². The Morgan fingerprint density at radius 3 is 1.65 bits per heavy atom. The topological polar surface area (TPSA) is 49.7 Å². The molecule has 0 saturated heterocycles. The number of unbranched alkanes of at least 4 members (excludes halogenated alkanes) is 10. The first kappa shape index (κ1) is 20.3. The van der Waals surface area contributed by atoms with E-state index in [0.29, 0.717) is 12.8 Å². The molecule has 0 aliphatic heterocycles. The van der Waals surface area contributed by atoms with Gasteiger partial charge in [-0.25, -0.2) is 0 Å². The predicted octanol–water partition coefficient (Wildman–Crippen LogP) is 5.47. The van der Waals surface area contributed by atoms with Crippen LogP contribution >= 0.6 is 7.94 Å². The van der Waals surface area contributed by atoms with Gasteiger partial charge in [-0.1, -0.05) is 71.6 Å². The van der Waals surface area contributed by atoms with Crippen LogP contribution in [0.3, 0.4) is 0 Å². The molecule has 0 atom stereocenters. The third kappa shape index (κ3) is 14.7. The first-order valence-electron chi connectivity index (χ1n) is 8.60. The summed E-state index contributed by atoms with van der Waals surface area (Å²) in [5.74, 6) is 0. The van der Waals surface area contributed by atoms with Gasteiger partial charge in [0.2, 0.25) is 0 Å². The molecule has 0 aromatic rings. The average Bonchev–Trinajstić information content (AvgIpc) is 2.41. The van der Waals surface area contributed by atoms with Crippen molar-refractivity contribution in [1.29, 1.82) is 0 Å². The molecule has 3 nitrogen and oxygen atoms in total. The minimum atomic E-state index is -3.06. The van der Waals surface area contributed by atoms with Crippen molar-refractivity contribution in [2.24, 2.45) is 0 Å². The maximum Gasteiger partial charge on any atom is 0.406 e. The zero-order valence-corrected chi connectivity index (χ0v) is 14.5. The molecule has 0 fully saturated rings. The monoisotopic (exact) mass is 307 g/mol. The van der Waals surface area contributed by atoms with Gasteiger partial charge in [-0.3, -0.25) is 0 Å². The summed E-state index contributed by atoms with van der Waals surface area (Å²) in [4.78, 5) is 19.6. The van der Waals surface area contributed by atoms with E-state index in [4.69, 9.17) is 4.52 Å². The standard InChI is InChI=1S/C16H36O3P/c1-3-5-7-9-11-13-15-19-20(17,18)16-14-12-10-8-6-4-2/h17-18H,3-16H2,1-2H3/q+1. The zero-order chi connectivity index (χ0) is 15.1. The Kier molecular flexibility index (Phi) is 14.5. The van der Waals surface area contributed by atoms with Crippen molar-refractivity contribution in [3.05, 3.63) is 0 Å². The largest absolute Gasteiger partial charge is 0.406 e. The summed E-state index contributed by atoms with van der Waals surface area (Å²) in [6.45, 7) is 4.92.